The van der Waals surface area contributed by atoms with E-state index in [0.29, 0.717) is 17.9 Å². The predicted octanol–water partition coefficient (Wildman–Crippen LogP) is 6.26. The normalized spacial score (nSPS) is 17.1. The number of fused-ring (bicyclic) bond motifs is 1. The summed E-state index contributed by atoms with van der Waals surface area (Å²) in [6, 6.07) is 18.4. The van der Waals surface area contributed by atoms with E-state index in [1.165, 1.54) is 35.0 Å². The largest absolute Gasteiger partial charge is 0.472 e. The number of hydrogen-bond donors (Lipinski definition) is 1. The minimum atomic E-state index is 0.270. The molecule has 0 aliphatic carbocycles. The predicted molar refractivity (Wildman–Crippen MR) is 167 cm³/mol. The number of H-pyrrole nitrogens is 1. The van der Waals surface area contributed by atoms with Crippen LogP contribution in [0.4, 0.5) is 5.69 Å². The number of nitrogens with zero attached hydrogens (tertiary/aromatic N) is 4. The number of piperidine rings is 1. The highest BCUT2D eigenvalue weighted by atomic mass is 16.3. The summed E-state index contributed by atoms with van der Waals surface area (Å²) in [6.45, 7) is 8.34. The zero-order valence-electron chi connectivity index (χ0n) is 24.4. The molecule has 1 N–H and O–H groups in total. The van der Waals surface area contributed by atoms with Crippen LogP contribution in [0.2, 0.25) is 0 Å². The van der Waals surface area contributed by atoms with Crippen molar-refractivity contribution < 1.29 is 9.21 Å². The molecule has 2 saturated heterocycles. The number of aromatic nitrogens is 1. The van der Waals surface area contributed by atoms with Crippen LogP contribution in [0.25, 0.3) is 10.9 Å². The fraction of sp³-hybridized carbons (Fsp3) is 0.429. The third-order valence-corrected chi connectivity index (χ3v) is 9.22. The topological polar surface area (TPSA) is 79.5 Å². The molecule has 6 rings (SSSR count). The number of benzene rings is 2. The fourth-order valence-corrected chi connectivity index (χ4v) is 6.59. The van der Waals surface area contributed by atoms with Crippen LogP contribution < -0.4 is 4.90 Å². The molecule has 2 aromatic heterocycles. The maximum atomic E-state index is 12.9. The van der Waals surface area contributed by atoms with E-state index in [1.807, 2.05) is 42.7 Å². The van der Waals surface area contributed by atoms with E-state index in [0.717, 1.165) is 82.7 Å². The lowest BCUT2D eigenvalue weighted by molar-refractivity contribution is 0.0961. The Morgan fingerprint density at radius 3 is 2.52 bits per heavy atom. The number of carbonyl (C=O) groups excluding carboxylic acids is 1. The van der Waals surface area contributed by atoms with Crippen LogP contribution in [0.15, 0.2) is 71.7 Å². The fourth-order valence-electron chi connectivity index (χ4n) is 6.59. The molecular formula is C35H41N5O2. The molecule has 0 atom stereocenters. The number of Topliss-reactive ketones (excluding diaryl/α,β-unsaturated/α-hetero) is 1. The molecule has 2 aromatic carbocycles. The molecule has 42 heavy (non-hydrogen) atoms. The zero-order valence-corrected chi connectivity index (χ0v) is 24.4. The molecular weight excluding hydrogens is 522 g/mol. The van der Waals surface area contributed by atoms with Gasteiger partial charge >= 0.3 is 0 Å². The Balaban J connectivity index is 0.898. The van der Waals surface area contributed by atoms with Crippen LogP contribution in [0.5, 0.6) is 0 Å². The van der Waals surface area contributed by atoms with Crippen LogP contribution in [-0.4, -0.2) is 66.4 Å². The van der Waals surface area contributed by atoms with Crippen molar-refractivity contribution in [2.24, 2.45) is 5.92 Å². The number of piperazine rings is 1. The van der Waals surface area contributed by atoms with Crippen LogP contribution in [0.1, 0.15) is 59.2 Å². The van der Waals surface area contributed by atoms with Crippen LogP contribution in [0.3, 0.4) is 0 Å². The van der Waals surface area contributed by atoms with Crippen molar-refractivity contribution in [3.63, 3.8) is 0 Å². The molecule has 0 radical (unpaired) electrons. The summed E-state index contributed by atoms with van der Waals surface area (Å²) in [4.78, 5) is 23.7. The Labute approximate surface area is 248 Å². The van der Waals surface area contributed by atoms with Gasteiger partial charge in [-0.15, -0.1) is 0 Å². The molecule has 218 valence electrons. The highest BCUT2D eigenvalue weighted by Crippen LogP contribution is 2.25. The van der Waals surface area contributed by atoms with Gasteiger partial charge in [0.25, 0.3) is 0 Å². The first-order valence-corrected chi connectivity index (χ1v) is 15.5. The van der Waals surface area contributed by atoms with Crippen LogP contribution >= 0.6 is 0 Å². The van der Waals surface area contributed by atoms with Gasteiger partial charge in [0.2, 0.25) is 0 Å². The summed E-state index contributed by atoms with van der Waals surface area (Å²) in [7, 11) is 0. The Morgan fingerprint density at radius 2 is 1.79 bits per heavy atom. The quantitative estimate of drug-likeness (QED) is 0.217. The Bertz CT molecular complexity index is 1480. The standard InChI is InChI=1S/C35H41N5O2/c36-23-28-3-9-34-33(22-28)31(24-37-34)2-1-14-38-17-19-40(20-18-38)32-7-5-30(6-8-32)35(41)10-4-27-11-15-39(16-12-27)25-29-13-21-42-26-29/h3,5-9,13,21-22,24,26-27,37H,1-2,4,10-12,14-20,25H2. The number of rotatable bonds is 11. The number of hydrogen-bond acceptors (Lipinski definition) is 6. The highest BCUT2D eigenvalue weighted by Gasteiger charge is 2.21. The smallest absolute Gasteiger partial charge is 0.162 e. The summed E-state index contributed by atoms with van der Waals surface area (Å²) in [5.74, 6) is 0.912. The first-order valence-electron chi connectivity index (χ1n) is 15.5. The molecule has 0 spiro atoms. The van der Waals surface area contributed by atoms with Crippen LogP contribution in [0, 0.1) is 17.2 Å². The van der Waals surface area contributed by atoms with Crippen molar-refractivity contribution in [3.05, 3.63) is 89.5 Å². The lowest BCUT2D eigenvalue weighted by Gasteiger charge is -2.36. The summed E-state index contributed by atoms with van der Waals surface area (Å²) in [5, 5.41) is 10.4. The van der Waals surface area contributed by atoms with Gasteiger partial charge in [0, 0.05) is 73.1 Å². The number of nitrogens with one attached hydrogen (secondary N) is 1. The van der Waals surface area contributed by atoms with Crippen molar-refractivity contribution >= 4 is 22.4 Å². The van der Waals surface area contributed by atoms with E-state index in [4.69, 9.17) is 4.42 Å². The Kier molecular flexibility index (Phi) is 9.03. The van der Waals surface area contributed by atoms with Crippen molar-refractivity contribution in [2.45, 2.75) is 45.1 Å². The first-order chi connectivity index (χ1) is 20.6. The molecule has 0 bridgehead atoms. The van der Waals surface area contributed by atoms with Crippen molar-refractivity contribution in [3.8, 4) is 6.07 Å². The summed E-state index contributed by atoms with van der Waals surface area (Å²) in [6.07, 6.45) is 11.7. The van der Waals surface area contributed by atoms with Gasteiger partial charge in [0.1, 0.15) is 0 Å². The molecule has 0 amide bonds. The molecule has 2 aliphatic heterocycles. The number of aromatic amines is 1. The minimum Gasteiger partial charge on any atom is -0.472 e. The van der Waals surface area contributed by atoms with Gasteiger partial charge < -0.3 is 14.3 Å². The SMILES string of the molecule is N#Cc1ccc2[nH]cc(CCCN3CCN(c4ccc(C(=O)CCC5CCN(Cc6ccoc6)CC5)cc4)CC3)c2c1. The monoisotopic (exact) mass is 563 g/mol. The number of ketones is 1. The zero-order chi connectivity index (χ0) is 28.7. The van der Waals surface area contributed by atoms with Crippen molar-refractivity contribution in [1.29, 1.82) is 5.26 Å². The third kappa shape index (κ3) is 6.95. The number of anilines is 1. The van der Waals surface area contributed by atoms with Crippen molar-refractivity contribution in [2.75, 3.05) is 50.7 Å². The lowest BCUT2D eigenvalue weighted by atomic mass is 9.90. The summed E-state index contributed by atoms with van der Waals surface area (Å²) in [5.41, 5.74) is 6.40. The van der Waals surface area contributed by atoms with Gasteiger partial charge in [-0.2, -0.15) is 5.26 Å². The maximum absolute atomic E-state index is 12.9. The number of nitriles is 1. The van der Waals surface area contributed by atoms with E-state index in [1.54, 1.807) is 6.26 Å². The highest BCUT2D eigenvalue weighted by molar-refractivity contribution is 5.96. The maximum Gasteiger partial charge on any atom is 0.162 e. The molecule has 4 aromatic rings. The van der Waals surface area contributed by atoms with Crippen molar-refractivity contribution in [1.82, 2.24) is 14.8 Å². The molecule has 4 heterocycles. The van der Waals surface area contributed by atoms with Gasteiger partial charge in [-0.1, -0.05) is 0 Å². The Hall–Kier alpha value is -3.86. The molecule has 0 unspecified atom stereocenters. The van der Waals surface area contributed by atoms with E-state index >= 15 is 0 Å². The lowest BCUT2D eigenvalue weighted by Crippen LogP contribution is -2.46. The van der Waals surface area contributed by atoms with E-state index in [2.05, 4.69) is 44.1 Å². The molecule has 7 heteroatoms. The van der Waals surface area contributed by atoms with E-state index in [-0.39, 0.29) is 5.78 Å². The number of furan rings is 1. The number of aryl methyl sites for hydroxylation is 1. The number of likely N-dealkylation sites (tertiary alicyclic amines) is 1. The van der Waals surface area contributed by atoms with E-state index < -0.39 is 0 Å². The molecule has 2 aliphatic rings. The third-order valence-electron chi connectivity index (χ3n) is 9.22. The van der Waals surface area contributed by atoms with Crippen LogP contribution in [-0.2, 0) is 13.0 Å². The Morgan fingerprint density at radius 1 is 0.976 bits per heavy atom. The van der Waals surface area contributed by atoms with Gasteiger partial charge in [-0.25, -0.2) is 0 Å². The second kappa shape index (κ2) is 13.4. The second-order valence-corrected chi connectivity index (χ2v) is 12.0. The number of carbonyl (C=O) groups is 1. The summed E-state index contributed by atoms with van der Waals surface area (Å²) >= 11 is 0. The first kappa shape index (κ1) is 28.3. The molecule has 0 saturated carbocycles. The summed E-state index contributed by atoms with van der Waals surface area (Å²) < 4.78 is 5.19. The molecule has 7 nitrogen and oxygen atoms in total. The van der Waals surface area contributed by atoms with Gasteiger partial charge in [-0.3, -0.25) is 14.6 Å². The average molecular weight is 564 g/mol. The van der Waals surface area contributed by atoms with Gasteiger partial charge in [0.05, 0.1) is 24.2 Å². The average Bonchev–Trinajstić information content (AvgIpc) is 3.71. The van der Waals surface area contributed by atoms with Gasteiger partial charge in [0.15, 0.2) is 5.78 Å². The van der Waals surface area contributed by atoms with Gasteiger partial charge in [-0.05, 0) is 112 Å². The second-order valence-electron chi connectivity index (χ2n) is 12.0. The van der Waals surface area contributed by atoms with E-state index in [9.17, 15) is 10.1 Å². The minimum absolute atomic E-state index is 0.270. The molecule has 2 fully saturated rings.